The van der Waals surface area contributed by atoms with Crippen LogP contribution in [0, 0.1) is 0 Å². The summed E-state index contributed by atoms with van der Waals surface area (Å²) in [4.78, 5) is 59.1. The Bertz CT molecular complexity index is 1200. The second-order valence-electron chi connectivity index (χ2n) is 13.1. The Labute approximate surface area is 321 Å². The molecule has 0 amide bonds. The first kappa shape index (κ1) is 50.7. The monoisotopic (exact) mass is 788 g/mol. The summed E-state index contributed by atoms with van der Waals surface area (Å²) < 4.78 is 46.4. The standard InChI is InChI=1S/C39H65O14P/c1-6-9-12-17-22-33(52-39(46)32(5)28-36(42)43)23-18-15-13-14-16-19-24-37(44)48-29-34(30-49-38(45)31(4)27-35(40)41)53-54(47,50-25-20-10-7-2)51-26-21-11-8-3/h18,23,33-34H,4-17,19-22,24-30H2,1-3H3,(H,40,41)(H,42,43)/b23-18+. The van der Waals surface area contributed by atoms with E-state index < -0.39 is 75.9 Å². The minimum atomic E-state index is -4.15. The fourth-order valence-electron chi connectivity index (χ4n) is 4.81. The van der Waals surface area contributed by atoms with Crippen molar-refractivity contribution in [3.8, 4) is 0 Å². The molecule has 54 heavy (non-hydrogen) atoms. The second-order valence-corrected chi connectivity index (χ2v) is 14.7. The van der Waals surface area contributed by atoms with Gasteiger partial charge in [0.15, 0.2) is 0 Å². The van der Waals surface area contributed by atoms with E-state index in [0.717, 1.165) is 77.0 Å². The minimum absolute atomic E-state index is 0.0997. The molecule has 0 radical (unpaired) electrons. The molecule has 0 aliphatic rings. The number of carboxylic acids is 2. The second kappa shape index (κ2) is 32.0. The quantitative estimate of drug-likeness (QED) is 0.0152. The number of phosphoric acid groups is 1. The van der Waals surface area contributed by atoms with Gasteiger partial charge in [0.2, 0.25) is 0 Å². The number of allylic oxidation sites excluding steroid dienone is 1. The molecule has 0 bridgehead atoms. The van der Waals surface area contributed by atoms with E-state index in [-0.39, 0.29) is 30.8 Å². The van der Waals surface area contributed by atoms with Crippen molar-refractivity contribution in [1.82, 2.24) is 0 Å². The van der Waals surface area contributed by atoms with Gasteiger partial charge in [-0.2, -0.15) is 0 Å². The summed E-state index contributed by atoms with van der Waals surface area (Å²) in [7, 11) is -4.15. The maximum atomic E-state index is 13.6. The molecule has 2 atom stereocenters. The van der Waals surface area contributed by atoms with E-state index in [2.05, 4.69) is 20.1 Å². The zero-order valence-electron chi connectivity index (χ0n) is 32.7. The highest BCUT2D eigenvalue weighted by atomic mass is 31.2. The molecule has 0 fully saturated rings. The molecular weight excluding hydrogens is 723 g/mol. The van der Waals surface area contributed by atoms with Gasteiger partial charge in [-0.25, -0.2) is 14.2 Å². The maximum Gasteiger partial charge on any atom is 0.475 e. The molecule has 0 aliphatic carbocycles. The summed E-state index contributed by atoms with van der Waals surface area (Å²) in [6.07, 6.45) is 14.1. The molecule has 310 valence electrons. The van der Waals surface area contributed by atoms with Gasteiger partial charge in [-0.3, -0.25) is 28.0 Å². The smallest absolute Gasteiger partial charge is 0.475 e. The van der Waals surface area contributed by atoms with Crippen LogP contribution in [0.15, 0.2) is 36.5 Å². The Balaban J connectivity index is 5.10. The van der Waals surface area contributed by atoms with Crippen LogP contribution in [0.3, 0.4) is 0 Å². The maximum absolute atomic E-state index is 13.6. The van der Waals surface area contributed by atoms with Crippen molar-refractivity contribution >= 4 is 37.7 Å². The van der Waals surface area contributed by atoms with Gasteiger partial charge in [0.1, 0.15) is 25.4 Å². The summed E-state index contributed by atoms with van der Waals surface area (Å²) in [6.45, 7) is 12.3. The first-order valence-corrected chi connectivity index (χ1v) is 20.8. The zero-order chi connectivity index (χ0) is 40.6. The lowest BCUT2D eigenvalue weighted by Gasteiger charge is -2.24. The van der Waals surface area contributed by atoms with E-state index in [0.29, 0.717) is 25.7 Å². The van der Waals surface area contributed by atoms with Gasteiger partial charge in [0.25, 0.3) is 0 Å². The van der Waals surface area contributed by atoms with Crippen molar-refractivity contribution in [2.75, 3.05) is 26.4 Å². The number of rotatable bonds is 36. The molecular formula is C39H65O14P. The summed E-state index contributed by atoms with van der Waals surface area (Å²) >= 11 is 0. The van der Waals surface area contributed by atoms with Crippen molar-refractivity contribution in [3.05, 3.63) is 36.5 Å². The largest absolute Gasteiger partial charge is 0.481 e. The van der Waals surface area contributed by atoms with E-state index in [1.54, 1.807) is 0 Å². The molecule has 0 saturated carbocycles. The number of carbonyl (C=O) groups excluding carboxylic acids is 3. The first-order valence-electron chi connectivity index (χ1n) is 19.3. The molecule has 0 spiro atoms. The third-order valence-electron chi connectivity index (χ3n) is 7.86. The Morgan fingerprint density at radius 1 is 0.667 bits per heavy atom. The van der Waals surface area contributed by atoms with Crippen molar-refractivity contribution in [2.45, 2.75) is 155 Å². The number of hydrogen-bond donors (Lipinski definition) is 2. The Morgan fingerprint density at radius 3 is 1.76 bits per heavy atom. The van der Waals surface area contributed by atoms with Crippen LogP contribution in [0.1, 0.15) is 143 Å². The molecule has 0 rings (SSSR count). The van der Waals surface area contributed by atoms with E-state index in [4.69, 9.17) is 38.0 Å². The molecule has 2 unspecified atom stereocenters. The molecule has 0 aromatic rings. The highest BCUT2D eigenvalue weighted by Gasteiger charge is 2.33. The van der Waals surface area contributed by atoms with Gasteiger partial charge >= 0.3 is 37.7 Å². The van der Waals surface area contributed by atoms with E-state index in [1.807, 2.05) is 26.0 Å². The van der Waals surface area contributed by atoms with Crippen LogP contribution in [0.5, 0.6) is 0 Å². The number of carbonyl (C=O) groups is 5. The molecule has 0 saturated heterocycles. The Hall–Kier alpha value is -3.32. The lowest BCUT2D eigenvalue weighted by Crippen LogP contribution is -2.29. The van der Waals surface area contributed by atoms with Crippen LogP contribution in [0.4, 0.5) is 0 Å². The molecule has 0 aromatic heterocycles. The highest BCUT2D eigenvalue weighted by molar-refractivity contribution is 7.48. The van der Waals surface area contributed by atoms with Gasteiger partial charge in [-0.1, -0.05) is 97.8 Å². The minimum Gasteiger partial charge on any atom is -0.481 e. The fourth-order valence-corrected chi connectivity index (χ4v) is 6.19. The number of carboxylic acid groups (broad SMARTS) is 2. The Kier molecular flexibility index (Phi) is 30.0. The lowest BCUT2D eigenvalue weighted by molar-refractivity contribution is -0.151. The topological polar surface area (TPSA) is 198 Å². The SMILES string of the molecule is C=C(CC(=O)O)C(=O)OCC(COC(=O)CCCCCC/C=C/C(CCCCCC)OC(=O)C(=C)CC(=O)O)OP(=O)(OCCCCC)OCCCCC. The number of esters is 3. The van der Waals surface area contributed by atoms with Gasteiger partial charge in [-0.05, 0) is 51.0 Å². The summed E-state index contributed by atoms with van der Waals surface area (Å²) in [5, 5.41) is 17.9. The molecule has 0 heterocycles. The first-order chi connectivity index (χ1) is 25.8. The van der Waals surface area contributed by atoms with Gasteiger partial charge in [0.05, 0.1) is 26.1 Å². The third kappa shape index (κ3) is 28.2. The lowest BCUT2D eigenvalue weighted by atomic mass is 10.1. The van der Waals surface area contributed by atoms with Crippen LogP contribution in [0.25, 0.3) is 0 Å². The van der Waals surface area contributed by atoms with Gasteiger partial charge < -0.3 is 24.4 Å². The van der Waals surface area contributed by atoms with E-state index in [9.17, 15) is 28.5 Å². The van der Waals surface area contributed by atoms with Crippen LogP contribution in [-0.4, -0.2) is 78.7 Å². The van der Waals surface area contributed by atoms with Crippen LogP contribution in [0.2, 0.25) is 0 Å². The van der Waals surface area contributed by atoms with E-state index >= 15 is 0 Å². The average molecular weight is 789 g/mol. The predicted octanol–water partition coefficient (Wildman–Crippen LogP) is 8.82. The van der Waals surface area contributed by atoms with Gasteiger partial charge in [-0.15, -0.1) is 0 Å². The van der Waals surface area contributed by atoms with Crippen molar-refractivity contribution < 1.29 is 66.5 Å². The fraction of sp³-hybridized carbons (Fsp3) is 0.718. The normalized spacial score (nSPS) is 12.6. The number of ether oxygens (including phenoxy) is 3. The average Bonchev–Trinajstić information content (AvgIpc) is 3.11. The van der Waals surface area contributed by atoms with Crippen LogP contribution in [-0.2, 0) is 56.3 Å². The van der Waals surface area contributed by atoms with Crippen LogP contribution >= 0.6 is 7.82 Å². The Morgan fingerprint density at radius 2 is 1.19 bits per heavy atom. The van der Waals surface area contributed by atoms with Crippen molar-refractivity contribution in [1.29, 1.82) is 0 Å². The number of unbranched alkanes of at least 4 members (excludes halogenated alkanes) is 11. The summed E-state index contributed by atoms with van der Waals surface area (Å²) in [5.41, 5.74) is -0.397. The predicted molar refractivity (Wildman–Crippen MR) is 204 cm³/mol. The van der Waals surface area contributed by atoms with Crippen molar-refractivity contribution in [2.24, 2.45) is 0 Å². The highest BCUT2D eigenvalue weighted by Crippen LogP contribution is 2.51. The number of hydrogen-bond acceptors (Lipinski definition) is 12. The molecule has 15 heteroatoms. The van der Waals surface area contributed by atoms with E-state index in [1.165, 1.54) is 0 Å². The van der Waals surface area contributed by atoms with Crippen LogP contribution < -0.4 is 0 Å². The molecule has 0 aromatic carbocycles. The molecule has 0 aliphatic heterocycles. The summed E-state index contributed by atoms with van der Waals surface area (Å²) in [5.74, 6) is -4.64. The molecule has 14 nitrogen and oxygen atoms in total. The zero-order valence-corrected chi connectivity index (χ0v) is 33.6. The third-order valence-corrected chi connectivity index (χ3v) is 9.42. The summed E-state index contributed by atoms with van der Waals surface area (Å²) in [6, 6.07) is 0. The van der Waals surface area contributed by atoms with Gasteiger partial charge in [0, 0.05) is 17.6 Å². The number of phosphoric ester groups is 1. The molecule has 2 N–H and O–H groups in total. The number of aliphatic carboxylic acids is 2. The van der Waals surface area contributed by atoms with Crippen molar-refractivity contribution in [3.63, 3.8) is 0 Å².